The van der Waals surface area contributed by atoms with Crippen LogP contribution in [0.25, 0.3) is 11.0 Å². The van der Waals surface area contributed by atoms with Crippen LogP contribution in [0.4, 0.5) is 17.6 Å². The first-order chi connectivity index (χ1) is 11.3. The molecule has 2 aromatic rings. The van der Waals surface area contributed by atoms with Gasteiger partial charge in [0.05, 0.1) is 6.54 Å². The summed E-state index contributed by atoms with van der Waals surface area (Å²) < 4.78 is 55.1. The van der Waals surface area contributed by atoms with Gasteiger partial charge in [0.25, 0.3) is 5.56 Å². The summed E-state index contributed by atoms with van der Waals surface area (Å²) in [5.41, 5.74) is -3.05. The van der Waals surface area contributed by atoms with Crippen LogP contribution in [0.15, 0.2) is 29.1 Å². The van der Waals surface area contributed by atoms with Gasteiger partial charge < -0.3 is 4.98 Å². The summed E-state index contributed by atoms with van der Waals surface area (Å²) in [5, 5.41) is 3.75. The molecule has 0 radical (unpaired) electrons. The molecule has 0 unspecified atom stereocenters. The first-order valence-electron chi connectivity index (χ1n) is 7.21. The average molecular weight is 342 g/mol. The third kappa shape index (κ3) is 2.53. The fourth-order valence-corrected chi connectivity index (χ4v) is 2.81. The van der Waals surface area contributed by atoms with E-state index in [-0.39, 0.29) is 29.0 Å². The topological polar surface area (TPSA) is 63.6 Å². The van der Waals surface area contributed by atoms with Crippen LogP contribution in [0.5, 0.6) is 0 Å². The van der Waals surface area contributed by atoms with Gasteiger partial charge in [-0.3, -0.25) is 4.79 Å². The van der Waals surface area contributed by atoms with E-state index in [4.69, 9.17) is 0 Å². The smallest absolute Gasteiger partial charge is 0.310 e. The molecule has 2 aromatic heterocycles. The lowest BCUT2D eigenvalue weighted by Gasteiger charge is -2.33. The van der Waals surface area contributed by atoms with Crippen molar-refractivity contribution in [3.63, 3.8) is 0 Å². The highest BCUT2D eigenvalue weighted by Gasteiger charge is 2.53. The zero-order valence-corrected chi connectivity index (χ0v) is 12.7. The van der Waals surface area contributed by atoms with E-state index >= 15 is 0 Å². The molecule has 0 aliphatic heterocycles. The Kier molecular flexibility index (Phi) is 3.81. The molecule has 1 aliphatic carbocycles. The second-order valence-corrected chi connectivity index (χ2v) is 5.73. The van der Waals surface area contributed by atoms with Crippen LogP contribution in [0.3, 0.4) is 0 Å². The Balaban J connectivity index is 2.18. The van der Waals surface area contributed by atoms with Gasteiger partial charge in [-0.05, 0) is 13.3 Å². The van der Waals surface area contributed by atoms with Gasteiger partial charge in [-0.15, -0.1) is 0 Å². The van der Waals surface area contributed by atoms with Crippen molar-refractivity contribution >= 4 is 11.0 Å². The van der Waals surface area contributed by atoms with Crippen LogP contribution < -0.4 is 5.56 Å². The SMILES string of the molecule is Cc1nc2c(c(CF)nn2C[C@]2(C(F)(F)F)C=CC=CC2)c(=O)[nH]1. The van der Waals surface area contributed by atoms with Crippen LogP contribution >= 0.6 is 0 Å². The van der Waals surface area contributed by atoms with Crippen LogP contribution in [0, 0.1) is 12.3 Å². The van der Waals surface area contributed by atoms with Gasteiger partial charge in [-0.2, -0.15) is 18.3 Å². The summed E-state index contributed by atoms with van der Waals surface area (Å²) in [6, 6.07) is 0. The lowest BCUT2D eigenvalue weighted by molar-refractivity contribution is -0.210. The number of H-pyrrole nitrogens is 1. The van der Waals surface area contributed by atoms with Crippen molar-refractivity contribution in [3.8, 4) is 0 Å². The van der Waals surface area contributed by atoms with Crippen molar-refractivity contribution in [3.05, 3.63) is 46.2 Å². The number of hydrogen-bond acceptors (Lipinski definition) is 3. The summed E-state index contributed by atoms with van der Waals surface area (Å²) in [5.74, 6) is 0.221. The second-order valence-electron chi connectivity index (χ2n) is 5.73. The molecule has 1 N–H and O–H groups in total. The molecule has 3 rings (SSSR count). The molecule has 1 atom stereocenters. The maximum atomic E-state index is 13.6. The van der Waals surface area contributed by atoms with Crippen molar-refractivity contribution in [1.29, 1.82) is 0 Å². The summed E-state index contributed by atoms with van der Waals surface area (Å²) in [7, 11) is 0. The largest absolute Gasteiger partial charge is 0.399 e. The number of alkyl halides is 4. The molecule has 0 bridgehead atoms. The van der Waals surface area contributed by atoms with E-state index in [1.165, 1.54) is 25.2 Å². The van der Waals surface area contributed by atoms with Gasteiger partial charge in [-0.1, -0.05) is 24.3 Å². The van der Waals surface area contributed by atoms with Crippen LogP contribution in [0.2, 0.25) is 0 Å². The monoisotopic (exact) mass is 342 g/mol. The first kappa shape index (κ1) is 16.4. The quantitative estimate of drug-likeness (QED) is 0.873. The first-order valence-corrected chi connectivity index (χ1v) is 7.21. The number of aromatic nitrogens is 4. The minimum atomic E-state index is -4.53. The maximum Gasteiger partial charge on any atom is 0.399 e. The number of nitrogens with one attached hydrogen (secondary N) is 1. The molecule has 5 nitrogen and oxygen atoms in total. The van der Waals surface area contributed by atoms with Crippen molar-refractivity contribution in [1.82, 2.24) is 19.7 Å². The van der Waals surface area contributed by atoms with Crippen molar-refractivity contribution in [2.24, 2.45) is 5.41 Å². The van der Waals surface area contributed by atoms with Gasteiger partial charge in [-0.25, -0.2) is 14.1 Å². The molecular formula is C15H14F4N4O. The molecule has 0 amide bonds. The van der Waals surface area contributed by atoms with Gasteiger partial charge in [0, 0.05) is 0 Å². The average Bonchev–Trinajstić information content (AvgIpc) is 2.85. The van der Waals surface area contributed by atoms with Gasteiger partial charge in [0.2, 0.25) is 0 Å². The minimum Gasteiger partial charge on any atom is -0.310 e. The van der Waals surface area contributed by atoms with E-state index in [1.54, 1.807) is 0 Å². The van der Waals surface area contributed by atoms with Crippen LogP contribution in [-0.4, -0.2) is 25.9 Å². The highest BCUT2D eigenvalue weighted by Crippen LogP contribution is 2.45. The fourth-order valence-electron chi connectivity index (χ4n) is 2.81. The molecule has 0 spiro atoms. The molecule has 2 heterocycles. The normalized spacial score (nSPS) is 20.9. The third-order valence-electron chi connectivity index (χ3n) is 4.06. The van der Waals surface area contributed by atoms with E-state index in [2.05, 4.69) is 15.1 Å². The predicted molar refractivity (Wildman–Crippen MR) is 79.1 cm³/mol. The molecule has 0 saturated heterocycles. The molecule has 24 heavy (non-hydrogen) atoms. The number of allylic oxidation sites excluding steroid dienone is 4. The number of rotatable bonds is 3. The second kappa shape index (κ2) is 5.57. The molecule has 9 heteroatoms. The Morgan fingerprint density at radius 1 is 1.38 bits per heavy atom. The van der Waals surface area contributed by atoms with Crippen molar-refractivity contribution in [2.45, 2.75) is 32.7 Å². The number of nitrogens with zero attached hydrogens (tertiary/aromatic N) is 3. The molecule has 0 saturated carbocycles. The fraction of sp³-hybridized carbons (Fsp3) is 0.400. The Bertz CT molecular complexity index is 893. The van der Waals surface area contributed by atoms with Crippen LogP contribution in [-0.2, 0) is 13.2 Å². The van der Waals surface area contributed by atoms with E-state index in [0.717, 1.165) is 10.8 Å². The molecular weight excluding hydrogens is 328 g/mol. The molecule has 0 aromatic carbocycles. The van der Waals surface area contributed by atoms with E-state index < -0.39 is 30.4 Å². The lowest BCUT2D eigenvalue weighted by Crippen LogP contribution is -2.40. The van der Waals surface area contributed by atoms with Gasteiger partial charge in [0.1, 0.15) is 29.0 Å². The highest BCUT2D eigenvalue weighted by molar-refractivity contribution is 5.77. The summed E-state index contributed by atoms with van der Waals surface area (Å²) >= 11 is 0. The minimum absolute atomic E-state index is 0.0459. The Hall–Kier alpha value is -2.45. The Morgan fingerprint density at radius 2 is 2.12 bits per heavy atom. The molecule has 1 aliphatic rings. The zero-order chi connectivity index (χ0) is 17.5. The highest BCUT2D eigenvalue weighted by atomic mass is 19.4. The lowest BCUT2D eigenvalue weighted by atomic mass is 9.81. The van der Waals surface area contributed by atoms with E-state index in [9.17, 15) is 22.4 Å². The maximum absolute atomic E-state index is 13.6. The summed E-state index contributed by atoms with van der Waals surface area (Å²) in [4.78, 5) is 18.5. The zero-order valence-electron chi connectivity index (χ0n) is 12.7. The van der Waals surface area contributed by atoms with Gasteiger partial charge in [0.15, 0.2) is 5.65 Å². The van der Waals surface area contributed by atoms with Gasteiger partial charge >= 0.3 is 6.18 Å². The van der Waals surface area contributed by atoms with Crippen molar-refractivity contribution in [2.75, 3.05) is 0 Å². The number of aryl methyl sites for hydroxylation is 1. The number of aromatic amines is 1. The number of fused-ring (bicyclic) bond motifs is 1. The third-order valence-corrected chi connectivity index (χ3v) is 4.06. The summed E-state index contributed by atoms with van der Waals surface area (Å²) in [6.45, 7) is -0.147. The Morgan fingerprint density at radius 3 is 2.71 bits per heavy atom. The number of hydrogen-bond donors (Lipinski definition) is 1. The summed E-state index contributed by atoms with van der Waals surface area (Å²) in [6.07, 6.45) is 0.548. The number of halogens is 4. The van der Waals surface area contributed by atoms with Crippen LogP contribution in [0.1, 0.15) is 17.9 Å². The van der Waals surface area contributed by atoms with E-state index in [0.29, 0.717) is 0 Å². The molecule has 0 fully saturated rings. The Labute approximate surface area is 133 Å². The van der Waals surface area contributed by atoms with Crippen molar-refractivity contribution < 1.29 is 17.6 Å². The van der Waals surface area contributed by atoms with E-state index in [1.807, 2.05) is 0 Å². The standard InChI is InChI=1S/C15H14F4N4O/c1-9-20-12-11(13(24)21-9)10(7-16)22-23(12)8-14(15(17,18)19)5-3-2-4-6-14/h2-5H,6-8H2,1H3,(H,20,21,24)/t14-/m0/s1. The molecule has 128 valence electrons. The predicted octanol–water partition coefficient (Wildman–Crippen LogP) is 2.96.